The largest absolute Gasteiger partial charge is 0.399 e. The molecule has 0 amide bonds. The summed E-state index contributed by atoms with van der Waals surface area (Å²) in [6.07, 6.45) is 0. The van der Waals surface area contributed by atoms with Crippen LogP contribution < -0.4 is 11.1 Å². The van der Waals surface area contributed by atoms with Gasteiger partial charge in [0.25, 0.3) is 0 Å². The van der Waals surface area contributed by atoms with Crippen LogP contribution in [0.3, 0.4) is 0 Å². The van der Waals surface area contributed by atoms with Crippen LogP contribution in [-0.2, 0) is 6.54 Å². The van der Waals surface area contributed by atoms with Gasteiger partial charge in [0.2, 0.25) is 0 Å². The molecule has 0 radical (unpaired) electrons. The van der Waals surface area contributed by atoms with Gasteiger partial charge >= 0.3 is 0 Å². The van der Waals surface area contributed by atoms with Gasteiger partial charge in [-0.1, -0.05) is 42.5 Å². The van der Waals surface area contributed by atoms with Gasteiger partial charge < -0.3 is 11.1 Å². The lowest BCUT2D eigenvalue weighted by Crippen LogP contribution is -2.04. The summed E-state index contributed by atoms with van der Waals surface area (Å²) >= 11 is 0. The van der Waals surface area contributed by atoms with Crippen LogP contribution in [0, 0.1) is 5.82 Å². The van der Waals surface area contributed by atoms with Gasteiger partial charge in [0, 0.05) is 23.2 Å². The van der Waals surface area contributed by atoms with E-state index in [9.17, 15) is 4.39 Å². The van der Waals surface area contributed by atoms with Crippen LogP contribution in [0.25, 0.3) is 22.3 Å². The van der Waals surface area contributed by atoms with Crippen LogP contribution in [0.4, 0.5) is 15.9 Å². The Balaban J connectivity index is 1.75. The molecule has 1 aromatic heterocycles. The molecule has 4 rings (SSSR count). The summed E-state index contributed by atoms with van der Waals surface area (Å²) in [5.74, 6) is 1.10. The van der Waals surface area contributed by atoms with Gasteiger partial charge in [-0.25, -0.2) is 14.4 Å². The van der Waals surface area contributed by atoms with Gasteiger partial charge in [-0.2, -0.15) is 0 Å². The van der Waals surface area contributed by atoms with E-state index in [1.165, 1.54) is 12.1 Å². The number of hydrogen-bond donors (Lipinski definition) is 2. The van der Waals surface area contributed by atoms with Crippen LogP contribution >= 0.6 is 0 Å². The van der Waals surface area contributed by atoms with E-state index < -0.39 is 0 Å². The zero-order chi connectivity index (χ0) is 17.9. The van der Waals surface area contributed by atoms with E-state index in [1.54, 1.807) is 12.1 Å². The average molecular weight is 344 g/mol. The minimum absolute atomic E-state index is 0.247. The fourth-order valence-corrected chi connectivity index (χ4v) is 2.79. The molecule has 0 saturated carbocycles. The standard InChI is InChI=1S/C21H17FN4/c22-16-8-6-14(7-9-16)13-24-21-18-11-10-17(23)12-19(18)25-20(26-21)15-4-2-1-3-5-15/h1-12H,13,23H2,(H,24,25,26). The van der Waals surface area contributed by atoms with Gasteiger partial charge in [-0.3, -0.25) is 0 Å². The molecule has 0 atom stereocenters. The number of halogens is 1. The third kappa shape index (κ3) is 3.32. The molecule has 3 N–H and O–H groups in total. The first-order valence-corrected chi connectivity index (χ1v) is 8.30. The third-order valence-corrected chi connectivity index (χ3v) is 4.13. The van der Waals surface area contributed by atoms with Crippen molar-refractivity contribution in [2.45, 2.75) is 6.54 Å². The third-order valence-electron chi connectivity index (χ3n) is 4.13. The first-order valence-electron chi connectivity index (χ1n) is 8.30. The predicted octanol–water partition coefficient (Wildman–Crippen LogP) is 4.63. The molecule has 1 heterocycles. The molecule has 4 aromatic rings. The molecule has 0 unspecified atom stereocenters. The van der Waals surface area contributed by atoms with Crippen LogP contribution in [0.15, 0.2) is 72.8 Å². The molecule has 0 aliphatic carbocycles. The van der Waals surface area contributed by atoms with Gasteiger partial charge in [-0.05, 0) is 35.9 Å². The second-order valence-corrected chi connectivity index (χ2v) is 6.02. The number of fused-ring (bicyclic) bond motifs is 1. The zero-order valence-corrected chi connectivity index (χ0v) is 14.0. The summed E-state index contributed by atoms with van der Waals surface area (Å²) in [6.45, 7) is 0.533. The van der Waals surface area contributed by atoms with Crippen molar-refractivity contribution in [1.29, 1.82) is 0 Å². The summed E-state index contributed by atoms with van der Waals surface area (Å²) in [4.78, 5) is 9.35. The van der Waals surface area contributed by atoms with Gasteiger partial charge in [0.05, 0.1) is 5.52 Å². The summed E-state index contributed by atoms with van der Waals surface area (Å²) in [6, 6.07) is 21.8. The highest BCUT2D eigenvalue weighted by atomic mass is 19.1. The fourth-order valence-electron chi connectivity index (χ4n) is 2.79. The van der Waals surface area contributed by atoms with E-state index in [1.807, 2.05) is 48.5 Å². The SMILES string of the molecule is Nc1ccc2c(NCc3ccc(F)cc3)nc(-c3ccccc3)nc2c1. The molecule has 0 saturated heterocycles. The number of rotatable bonds is 4. The Hall–Kier alpha value is -3.47. The Morgan fingerprint density at radius 3 is 2.42 bits per heavy atom. The van der Waals surface area contributed by atoms with E-state index in [0.29, 0.717) is 18.1 Å². The Bertz CT molecular complexity index is 1050. The summed E-state index contributed by atoms with van der Waals surface area (Å²) in [7, 11) is 0. The highest BCUT2D eigenvalue weighted by molar-refractivity contribution is 5.92. The van der Waals surface area contributed by atoms with Crippen molar-refractivity contribution in [3.63, 3.8) is 0 Å². The first kappa shape index (κ1) is 16.0. The molecule has 0 bridgehead atoms. The van der Waals surface area contributed by atoms with E-state index in [4.69, 9.17) is 10.7 Å². The topological polar surface area (TPSA) is 63.8 Å². The van der Waals surface area contributed by atoms with Crippen molar-refractivity contribution < 1.29 is 4.39 Å². The van der Waals surface area contributed by atoms with Crippen molar-refractivity contribution in [1.82, 2.24) is 9.97 Å². The smallest absolute Gasteiger partial charge is 0.162 e. The minimum Gasteiger partial charge on any atom is -0.399 e. The number of nitrogen functional groups attached to an aromatic ring is 1. The van der Waals surface area contributed by atoms with Crippen molar-refractivity contribution in [2.75, 3.05) is 11.1 Å². The lowest BCUT2D eigenvalue weighted by Gasteiger charge is -2.12. The summed E-state index contributed by atoms with van der Waals surface area (Å²) < 4.78 is 13.1. The summed E-state index contributed by atoms with van der Waals surface area (Å²) in [5, 5.41) is 4.23. The average Bonchev–Trinajstić information content (AvgIpc) is 2.67. The number of aromatic nitrogens is 2. The first-order chi connectivity index (χ1) is 12.7. The second-order valence-electron chi connectivity index (χ2n) is 6.02. The van der Waals surface area contributed by atoms with Crippen LogP contribution in [0.5, 0.6) is 0 Å². The Morgan fingerprint density at radius 2 is 1.65 bits per heavy atom. The van der Waals surface area contributed by atoms with Crippen LogP contribution in [0.1, 0.15) is 5.56 Å². The molecule has 3 aromatic carbocycles. The molecule has 0 fully saturated rings. The van der Waals surface area contributed by atoms with Gasteiger partial charge in [0.1, 0.15) is 11.6 Å². The Morgan fingerprint density at radius 1 is 0.885 bits per heavy atom. The molecule has 0 aliphatic rings. The van der Waals surface area contributed by atoms with Crippen molar-refractivity contribution >= 4 is 22.4 Å². The van der Waals surface area contributed by atoms with Crippen LogP contribution in [-0.4, -0.2) is 9.97 Å². The maximum Gasteiger partial charge on any atom is 0.162 e. The van der Waals surface area contributed by atoms with E-state index in [2.05, 4.69) is 10.3 Å². The molecule has 4 nitrogen and oxygen atoms in total. The molecular weight excluding hydrogens is 327 g/mol. The molecule has 0 spiro atoms. The molecule has 26 heavy (non-hydrogen) atoms. The molecule has 0 aliphatic heterocycles. The summed E-state index contributed by atoms with van der Waals surface area (Å²) in [5.41, 5.74) is 9.26. The fraction of sp³-hybridized carbons (Fsp3) is 0.0476. The quantitative estimate of drug-likeness (QED) is 0.530. The number of nitrogens with zero attached hydrogens (tertiary/aromatic N) is 2. The lowest BCUT2D eigenvalue weighted by atomic mass is 10.1. The zero-order valence-electron chi connectivity index (χ0n) is 14.0. The number of anilines is 2. The number of hydrogen-bond acceptors (Lipinski definition) is 4. The Kier molecular flexibility index (Phi) is 4.19. The highest BCUT2D eigenvalue weighted by Crippen LogP contribution is 2.26. The maximum atomic E-state index is 13.1. The van der Waals surface area contributed by atoms with Crippen LogP contribution in [0.2, 0.25) is 0 Å². The normalized spacial score (nSPS) is 10.8. The minimum atomic E-state index is -0.247. The molecule has 5 heteroatoms. The van der Waals surface area contributed by atoms with Crippen molar-refractivity contribution in [3.05, 3.63) is 84.2 Å². The predicted molar refractivity (Wildman–Crippen MR) is 103 cm³/mol. The number of nitrogens with two attached hydrogens (primary N) is 1. The van der Waals surface area contributed by atoms with E-state index >= 15 is 0 Å². The lowest BCUT2D eigenvalue weighted by molar-refractivity contribution is 0.627. The Labute approximate surface area is 150 Å². The highest BCUT2D eigenvalue weighted by Gasteiger charge is 2.10. The second kappa shape index (κ2) is 6.80. The van der Waals surface area contributed by atoms with Gasteiger partial charge in [-0.15, -0.1) is 0 Å². The van der Waals surface area contributed by atoms with E-state index in [0.717, 1.165) is 27.8 Å². The van der Waals surface area contributed by atoms with Crippen molar-refractivity contribution in [3.8, 4) is 11.4 Å². The number of benzene rings is 3. The molecule has 128 valence electrons. The van der Waals surface area contributed by atoms with Gasteiger partial charge in [0.15, 0.2) is 5.82 Å². The monoisotopic (exact) mass is 344 g/mol. The number of nitrogens with one attached hydrogen (secondary N) is 1. The van der Waals surface area contributed by atoms with E-state index in [-0.39, 0.29) is 5.82 Å². The molecular formula is C21H17FN4. The van der Waals surface area contributed by atoms with Crippen molar-refractivity contribution in [2.24, 2.45) is 0 Å². The maximum absolute atomic E-state index is 13.1.